The minimum Gasteiger partial charge on any atom is -0.382 e. The lowest BCUT2D eigenvalue weighted by atomic mass is 10.0. The summed E-state index contributed by atoms with van der Waals surface area (Å²) in [6.07, 6.45) is 2.09. The monoisotopic (exact) mass is 444 g/mol. The number of para-hydroxylation sites is 2. The van der Waals surface area contributed by atoms with Crippen LogP contribution in [0.25, 0.3) is 16.7 Å². The molecule has 0 unspecified atom stereocenters. The summed E-state index contributed by atoms with van der Waals surface area (Å²) >= 11 is 12.1. The van der Waals surface area contributed by atoms with Crippen LogP contribution in [-0.2, 0) is 6.54 Å². The van der Waals surface area contributed by atoms with Gasteiger partial charge in [0.25, 0.3) is 0 Å². The zero-order valence-corrected chi connectivity index (χ0v) is 18.6. The fourth-order valence-corrected chi connectivity index (χ4v) is 4.46. The van der Waals surface area contributed by atoms with E-state index in [0.29, 0.717) is 22.6 Å². The Labute approximate surface area is 186 Å². The highest BCUT2D eigenvalue weighted by atomic mass is 35.5. The first-order chi connectivity index (χ1) is 14.4. The van der Waals surface area contributed by atoms with Crippen molar-refractivity contribution in [2.24, 2.45) is 0 Å². The number of piperidine rings is 1. The lowest BCUT2D eigenvalue weighted by Gasteiger charge is -2.33. The first-order valence-electron chi connectivity index (χ1n) is 10.2. The Kier molecular flexibility index (Phi) is 6.23. The van der Waals surface area contributed by atoms with Crippen molar-refractivity contribution < 1.29 is 0 Å². The van der Waals surface area contributed by atoms with Gasteiger partial charge in [-0.15, -0.1) is 0 Å². The van der Waals surface area contributed by atoms with E-state index in [0.717, 1.165) is 54.9 Å². The van der Waals surface area contributed by atoms with Crippen molar-refractivity contribution >= 4 is 45.6 Å². The summed E-state index contributed by atoms with van der Waals surface area (Å²) in [6, 6.07) is 14.0. The maximum absolute atomic E-state index is 12.9. The largest absolute Gasteiger partial charge is 0.382 e. The number of hydrogen-bond acceptors (Lipinski definition) is 3. The Morgan fingerprint density at radius 2 is 1.77 bits per heavy atom. The van der Waals surface area contributed by atoms with Crippen LogP contribution >= 0.6 is 23.2 Å². The third-order valence-corrected chi connectivity index (χ3v) is 6.47. The number of nitrogens with one attached hydrogen (secondary N) is 1. The van der Waals surface area contributed by atoms with Gasteiger partial charge in [-0.3, -0.25) is 9.13 Å². The second-order valence-corrected chi connectivity index (χ2v) is 8.70. The van der Waals surface area contributed by atoms with Crippen LogP contribution in [0.15, 0.2) is 53.8 Å². The van der Waals surface area contributed by atoms with Crippen LogP contribution in [0.2, 0.25) is 10.0 Å². The van der Waals surface area contributed by atoms with Crippen LogP contribution in [0, 0.1) is 0 Å². The first-order valence-corrected chi connectivity index (χ1v) is 11.0. The van der Waals surface area contributed by atoms with Gasteiger partial charge in [-0.25, -0.2) is 4.79 Å². The van der Waals surface area contributed by atoms with Crippen molar-refractivity contribution in [1.29, 1.82) is 0 Å². The topological polar surface area (TPSA) is 42.2 Å². The summed E-state index contributed by atoms with van der Waals surface area (Å²) in [4.78, 5) is 15.3. The number of aromatic nitrogens is 2. The molecule has 5 nitrogen and oxygen atoms in total. The predicted octanol–water partition coefficient (Wildman–Crippen LogP) is 5.18. The van der Waals surface area contributed by atoms with Crippen molar-refractivity contribution in [2.75, 3.05) is 25.0 Å². The zero-order valence-electron chi connectivity index (χ0n) is 17.1. The zero-order chi connectivity index (χ0) is 21.3. The van der Waals surface area contributed by atoms with Gasteiger partial charge in [0.05, 0.1) is 21.1 Å². The molecule has 0 spiro atoms. The molecule has 1 fully saturated rings. The molecule has 1 aliphatic heterocycles. The quantitative estimate of drug-likeness (QED) is 0.569. The smallest absolute Gasteiger partial charge is 0.333 e. The van der Waals surface area contributed by atoms with E-state index in [1.165, 1.54) is 0 Å². The molecule has 30 heavy (non-hydrogen) atoms. The van der Waals surface area contributed by atoms with Crippen LogP contribution in [0.5, 0.6) is 0 Å². The average Bonchev–Trinajstić information content (AvgIpc) is 3.01. The molecule has 2 heterocycles. The standard InChI is InChI=1S/C23H26Cl2N4O/c1-16(2)29-22-6-4-3-5-21(22)28(23(29)30)14-13-27-11-9-17(10-12-27)26-18-7-8-19(24)20(25)15-18/h3-8,15,17,26H,1,9-14H2,2H3. The number of fused-ring (bicyclic) bond motifs is 1. The number of hydrogen-bond donors (Lipinski definition) is 1. The summed E-state index contributed by atoms with van der Waals surface area (Å²) in [6.45, 7) is 9.34. The summed E-state index contributed by atoms with van der Waals surface area (Å²) in [5.41, 5.74) is 3.60. The summed E-state index contributed by atoms with van der Waals surface area (Å²) in [5.74, 6) is 0. The third kappa shape index (κ3) is 4.29. The molecule has 0 radical (unpaired) electrons. The van der Waals surface area contributed by atoms with E-state index >= 15 is 0 Å². The van der Waals surface area contributed by atoms with Crippen molar-refractivity contribution in [3.05, 3.63) is 69.6 Å². The molecule has 0 bridgehead atoms. The molecular formula is C23H26Cl2N4O. The molecule has 3 aromatic rings. The number of nitrogens with zero attached hydrogens (tertiary/aromatic N) is 3. The third-order valence-electron chi connectivity index (χ3n) is 5.74. The number of imidazole rings is 1. The van der Waals surface area contributed by atoms with Gasteiger partial charge in [-0.2, -0.15) is 0 Å². The minimum atomic E-state index is -0.0140. The highest BCUT2D eigenvalue weighted by Crippen LogP contribution is 2.26. The van der Waals surface area contributed by atoms with Crippen molar-refractivity contribution in [3.8, 4) is 0 Å². The van der Waals surface area contributed by atoms with Crippen molar-refractivity contribution in [2.45, 2.75) is 32.4 Å². The fourth-order valence-electron chi connectivity index (χ4n) is 4.16. The second-order valence-electron chi connectivity index (χ2n) is 7.88. The molecule has 0 aliphatic carbocycles. The number of anilines is 1. The van der Waals surface area contributed by atoms with Crippen molar-refractivity contribution in [1.82, 2.24) is 14.0 Å². The Morgan fingerprint density at radius 3 is 2.43 bits per heavy atom. The maximum Gasteiger partial charge on any atom is 0.333 e. The van der Waals surface area contributed by atoms with Crippen molar-refractivity contribution in [3.63, 3.8) is 0 Å². The van der Waals surface area contributed by atoms with Gasteiger partial charge in [0, 0.05) is 43.6 Å². The molecule has 4 rings (SSSR count). The van der Waals surface area contributed by atoms with Crippen LogP contribution < -0.4 is 11.0 Å². The number of halogens is 2. The SMILES string of the molecule is C=C(C)n1c(=O)n(CCN2CCC(Nc3ccc(Cl)c(Cl)c3)CC2)c2ccccc21. The highest BCUT2D eigenvalue weighted by Gasteiger charge is 2.20. The molecule has 2 aromatic carbocycles. The molecule has 1 N–H and O–H groups in total. The van der Waals surface area contributed by atoms with E-state index in [1.807, 2.05) is 54.0 Å². The normalized spacial score (nSPS) is 15.6. The fraction of sp³-hybridized carbons (Fsp3) is 0.348. The van der Waals surface area contributed by atoms with Gasteiger partial charge < -0.3 is 10.2 Å². The summed E-state index contributed by atoms with van der Waals surface area (Å²) in [5, 5.41) is 4.69. The Balaban J connectivity index is 1.37. The molecule has 1 aliphatic rings. The van der Waals surface area contributed by atoms with E-state index in [1.54, 1.807) is 4.57 Å². The summed E-state index contributed by atoms with van der Waals surface area (Å²) < 4.78 is 3.56. The van der Waals surface area contributed by atoms with Gasteiger partial charge in [-0.05, 0) is 50.1 Å². The number of likely N-dealkylation sites (tertiary alicyclic amines) is 1. The van der Waals surface area contributed by atoms with Crippen LogP contribution in [-0.4, -0.2) is 39.7 Å². The van der Waals surface area contributed by atoms with E-state index < -0.39 is 0 Å². The maximum atomic E-state index is 12.9. The molecule has 0 atom stereocenters. The van der Waals surface area contributed by atoms with Gasteiger partial charge in [-0.1, -0.05) is 41.9 Å². The average molecular weight is 445 g/mol. The van der Waals surface area contributed by atoms with Crippen LogP contribution in [0.1, 0.15) is 19.8 Å². The van der Waals surface area contributed by atoms with E-state index in [4.69, 9.17) is 23.2 Å². The Morgan fingerprint density at radius 1 is 1.07 bits per heavy atom. The molecule has 158 valence electrons. The molecule has 7 heteroatoms. The molecular weight excluding hydrogens is 419 g/mol. The van der Waals surface area contributed by atoms with Gasteiger partial charge in [0.15, 0.2) is 0 Å². The Hall–Kier alpha value is -2.21. The lowest BCUT2D eigenvalue weighted by molar-refractivity contribution is 0.211. The van der Waals surface area contributed by atoms with Crippen LogP contribution in [0.4, 0.5) is 5.69 Å². The van der Waals surface area contributed by atoms with Gasteiger partial charge in [0.1, 0.15) is 0 Å². The minimum absolute atomic E-state index is 0.0140. The lowest BCUT2D eigenvalue weighted by Crippen LogP contribution is -2.41. The predicted molar refractivity (Wildman–Crippen MR) is 127 cm³/mol. The van der Waals surface area contributed by atoms with E-state index in [-0.39, 0.29) is 5.69 Å². The number of rotatable bonds is 6. The Bertz CT molecular complexity index is 1130. The van der Waals surface area contributed by atoms with Gasteiger partial charge >= 0.3 is 5.69 Å². The van der Waals surface area contributed by atoms with Gasteiger partial charge in [0.2, 0.25) is 0 Å². The molecule has 0 amide bonds. The van der Waals surface area contributed by atoms with E-state index in [2.05, 4.69) is 16.8 Å². The van der Waals surface area contributed by atoms with Crippen LogP contribution in [0.3, 0.4) is 0 Å². The number of benzene rings is 2. The highest BCUT2D eigenvalue weighted by molar-refractivity contribution is 6.42. The second kappa shape index (κ2) is 8.88. The molecule has 1 aromatic heterocycles. The number of allylic oxidation sites excluding steroid dienone is 1. The molecule has 1 saturated heterocycles. The first kappa shape index (κ1) is 21.0. The molecule has 0 saturated carbocycles. The van der Waals surface area contributed by atoms with E-state index in [9.17, 15) is 4.79 Å². The summed E-state index contributed by atoms with van der Waals surface area (Å²) in [7, 11) is 0.